The Hall–Kier alpha value is -2.02. The van der Waals surface area contributed by atoms with Gasteiger partial charge >= 0.3 is 0 Å². The molecule has 1 aromatic carbocycles. The molecule has 138 valence electrons. The number of hydrogen-bond donors (Lipinski definition) is 2. The monoisotopic (exact) mass is 414 g/mol. The molecular formula is C17H17Cl3N4O2. The summed E-state index contributed by atoms with van der Waals surface area (Å²) < 4.78 is 5.52. The van der Waals surface area contributed by atoms with E-state index >= 15 is 0 Å². The summed E-state index contributed by atoms with van der Waals surface area (Å²) in [5.74, 6) is 0.122. The predicted molar refractivity (Wildman–Crippen MR) is 106 cm³/mol. The molecule has 0 spiro atoms. The van der Waals surface area contributed by atoms with Crippen LogP contribution in [0, 0.1) is 0 Å². The SMILES string of the molecule is CCCOc1ccc(/C(C)=N/NC(=O)c2nc(Cl)c(Cl)c(N)c2Cl)cc1. The zero-order valence-electron chi connectivity index (χ0n) is 14.1. The second-order valence-corrected chi connectivity index (χ2v) is 6.42. The number of nitrogens with one attached hydrogen (secondary N) is 1. The first-order chi connectivity index (χ1) is 12.3. The molecule has 9 heteroatoms. The third-order valence-corrected chi connectivity index (χ3v) is 4.49. The van der Waals surface area contributed by atoms with E-state index in [1.807, 2.05) is 31.2 Å². The third kappa shape index (κ3) is 4.78. The van der Waals surface area contributed by atoms with Crippen molar-refractivity contribution >= 4 is 52.1 Å². The highest BCUT2D eigenvalue weighted by Crippen LogP contribution is 2.34. The van der Waals surface area contributed by atoms with Crippen LogP contribution in [0.3, 0.4) is 0 Å². The van der Waals surface area contributed by atoms with E-state index in [0.29, 0.717) is 12.3 Å². The minimum atomic E-state index is -0.650. The maximum absolute atomic E-state index is 12.2. The van der Waals surface area contributed by atoms with Crippen LogP contribution >= 0.6 is 34.8 Å². The Kier molecular flexibility index (Phi) is 7.08. The lowest BCUT2D eigenvalue weighted by Crippen LogP contribution is -2.21. The number of anilines is 1. The van der Waals surface area contributed by atoms with Gasteiger partial charge in [-0.05, 0) is 43.2 Å². The van der Waals surface area contributed by atoms with Crippen molar-refractivity contribution in [2.45, 2.75) is 20.3 Å². The molecule has 0 fully saturated rings. The molecule has 0 aliphatic heterocycles. The number of hydrogen-bond acceptors (Lipinski definition) is 5. The Morgan fingerprint density at radius 1 is 1.23 bits per heavy atom. The first-order valence-corrected chi connectivity index (χ1v) is 8.86. The predicted octanol–water partition coefficient (Wildman–Crippen LogP) is 4.57. The molecule has 0 bridgehead atoms. The van der Waals surface area contributed by atoms with Crippen molar-refractivity contribution < 1.29 is 9.53 Å². The van der Waals surface area contributed by atoms with Crippen molar-refractivity contribution in [3.63, 3.8) is 0 Å². The highest BCUT2D eigenvalue weighted by Gasteiger charge is 2.19. The van der Waals surface area contributed by atoms with E-state index in [9.17, 15) is 4.79 Å². The molecule has 1 aromatic heterocycles. The molecule has 0 saturated heterocycles. The van der Waals surface area contributed by atoms with Gasteiger partial charge in [-0.25, -0.2) is 10.4 Å². The first-order valence-electron chi connectivity index (χ1n) is 7.73. The molecule has 0 unspecified atom stereocenters. The van der Waals surface area contributed by atoms with Crippen molar-refractivity contribution in [1.82, 2.24) is 10.4 Å². The molecule has 0 aliphatic carbocycles. The lowest BCUT2D eigenvalue weighted by atomic mass is 10.1. The van der Waals surface area contributed by atoms with E-state index in [-0.39, 0.29) is 26.6 Å². The number of nitrogens with zero attached hydrogens (tertiary/aromatic N) is 2. The minimum absolute atomic E-state index is 0.00159. The van der Waals surface area contributed by atoms with Gasteiger partial charge in [0.2, 0.25) is 0 Å². The second-order valence-electron chi connectivity index (χ2n) is 5.30. The van der Waals surface area contributed by atoms with Gasteiger partial charge in [0.1, 0.15) is 10.8 Å². The van der Waals surface area contributed by atoms with Gasteiger partial charge in [0, 0.05) is 0 Å². The van der Waals surface area contributed by atoms with Crippen molar-refractivity contribution in [2.24, 2.45) is 5.10 Å². The summed E-state index contributed by atoms with van der Waals surface area (Å²) in [6.45, 7) is 4.44. The van der Waals surface area contributed by atoms with Crippen LogP contribution in [0.15, 0.2) is 29.4 Å². The highest BCUT2D eigenvalue weighted by molar-refractivity contribution is 6.46. The number of ether oxygens (including phenoxy) is 1. The Balaban J connectivity index is 2.12. The summed E-state index contributed by atoms with van der Waals surface area (Å²) >= 11 is 17.7. The number of hydrazone groups is 1. The van der Waals surface area contributed by atoms with E-state index in [1.54, 1.807) is 6.92 Å². The lowest BCUT2D eigenvalue weighted by Gasteiger charge is -2.09. The number of nitrogen functional groups attached to an aromatic ring is 1. The Morgan fingerprint density at radius 2 is 1.88 bits per heavy atom. The number of rotatable bonds is 6. The fourth-order valence-corrected chi connectivity index (χ4v) is 2.54. The van der Waals surface area contributed by atoms with Gasteiger partial charge in [-0.3, -0.25) is 4.79 Å². The van der Waals surface area contributed by atoms with E-state index < -0.39 is 5.91 Å². The first kappa shape index (κ1) is 20.3. The largest absolute Gasteiger partial charge is 0.494 e. The summed E-state index contributed by atoms with van der Waals surface area (Å²) in [6, 6.07) is 7.37. The molecule has 6 nitrogen and oxygen atoms in total. The Morgan fingerprint density at radius 3 is 2.50 bits per heavy atom. The lowest BCUT2D eigenvalue weighted by molar-refractivity contribution is 0.0950. The van der Waals surface area contributed by atoms with Crippen LogP contribution in [0.5, 0.6) is 5.75 Å². The normalized spacial score (nSPS) is 11.3. The fraction of sp³-hybridized carbons (Fsp3) is 0.235. The topological polar surface area (TPSA) is 89.6 Å². The third-order valence-electron chi connectivity index (χ3n) is 3.36. The molecule has 3 N–H and O–H groups in total. The fourth-order valence-electron chi connectivity index (χ4n) is 1.95. The van der Waals surface area contributed by atoms with Crippen LogP contribution in [-0.4, -0.2) is 23.2 Å². The smallest absolute Gasteiger partial charge is 0.291 e. The Labute approximate surface area is 166 Å². The van der Waals surface area contributed by atoms with Gasteiger partial charge in [-0.2, -0.15) is 5.10 Å². The van der Waals surface area contributed by atoms with Gasteiger partial charge in [0.15, 0.2) is 10.8 Å². The summed E-state index contributed by atoms with van der Waals surface area (Å²) in [5.41, 5.74) is 9.32. The number of pyridine rings is 1. The number of halogens is 3. The van der Waals surface area contributed by atoms with Gasteiger partial charge in [-0.1, -0.05) is 41.7 Å². The van der Waals surface area contributed by atoms with Crippen molar-refractivity contribution in [2.75, 3.05) is 12.3 Å². The summed E-state index contributed by atoms with van der Waals surface area (Å²) in [5, 5.41) is 3.85. The van der Waals surface area contributed by atoms with E-state index in [2.05, 4.69) is 15.5 Å². The number of carbonyl (C=O) groups excluding carboxylic acids is 1. The van der Waals surface area contributed by atoms with Crippen LogP contribution in [0.4, 0.5) is 5.69 Å². The number of nitrogens with two attached hydrogens (primary N) is 1. The number of benzene rings is 1. The zero-order chi connectivity index (χ0) is 19.3. The maximum atomic E-state index is 12.2. The molecule has 0 aliphatic rings. The van der Waals surface area contributed by atoms with Gasteiger partial charge in [0.05, 0.1) is 23.0 Å². The van der Waals surface area contributed by atoms with Gasteiger partial charge < -0.3 is 10.5 Å². The molecule has 2 rings (SSSR count). The summed E-state index contributed by atoms with van der Waals surface area (Å²) in [6.07, 6.45) is 0.935. The number of carbonyl (C=O) groups is 1. The molecule has 0 atom stereocenters. The average Bonchev–Trinajstić information content (AvgIpc) is 2.65. The molecule has 2 aromatic rings. The summed E-state index contributed by atoms with van der Waals surface area (Å²) in [7, 11) is 0. The van der Waals surface area contributed by atoms with Gasteiger partial charge in [0.25, 0.3) is 5.91 Å². The van der Waals surface area contributed by atoms with Crippen LogP contribution in [0.25, 0.3) is 0 Å². The molecular weight excluding hydrogens is 399 g/mol. The van der Waals surface area contributed by atoms with E-state index in [4.69, 9.17) is 45.3 Å². The highest BCUT2D eigenvalue weighted by atomic mass is 35.5. The van der Waals surface area contributed by atoms with Crippen LogP contribution < -0.4 is 15.9 Å². The molecule has 26 heavy (non-hydrogen) atoms. The summed E-state index contributed by atoms with van der Waals surface area (Å²) in [4.78, 5) is 16.1. The Bertz CT molecular complexity index is 839. The number of aromatic nitrogens is 1. The van der Waals surface area contributed by atoms with E-state index in [1.165, 1.54) is 0 Å². The van der Waals surface area contributed by atoms with Gasteiger partial charge in [-0.15, -0.1) is 0 Å². The molecule has 1 heterocycles. The van der Waals surface area contributed by atoms with Crippen molar-refractivity contribution in [3.05, 3.63) is 50.7 Å². The number of amides is 1. The quantitative estimate of drug-likeness (QED) is 0.411. The van der Waals surface area contributed by atoms with E-state index in [0.717, 1.165) is 17.7 Å². The molecule has 0 radical (unpaired) electrons. The zero-order valence-corrected chi connectivity index (χ0v) is 16.4. The second kappa shape index (κ2) is 9.07. The average molecular weight is 416 g/mol. The van der Waals surface area contributed by atoms with Crippen LogP contribution in [0.2, 0.25) is 15.2 Å². The van der Waals surface area contributed by atoms with Crippen molar-refractivity contribution in [3.8, 4) is 5.75 Å². The molecule has 0 saturated carbocycles. The molecule has 1 amide bonds. The van der Waals surface area contributed by atoms with Crippen LogP contribution in [-0.2, 0) is 0 Å². The van der Waals surface area contributed by atoms with Crippen molar-refractivity contribution in [1.29, 1.82) is 0 Å². The minimum Gasteiger partial charge on any atom is -0.494 e. The van der Waals surface area contributed by atoms with Crippen LogP contribution in [0.1, 0.15) is 36.3 Å². The maximum Gasteiger partial charge on any atom is 0.291 e. The standard InChI is InChI=1S/C17H17Cl3N4O2/c1-3-8-26-11-6-4-10(5-7-11)9(2)23-24-17(25)15-12(18)14(21)13(19)16(20)22-15/h4-7H,3,8H2,1-2H3,(H2,21,22)(H,24,25)/b23-9+.